The fraction of sp³-hybridized carbons (Fsp3) is 0.824. The lowest BCUT2D eigenvalue weighted by Gasteiger charge is -2.29. The lowest BCUT2D eigenvalue weighted by atomic mass is 9.96. The average Bonchev–Trinajstić information content (AvgIpc) is 2.30. The Hall–Kier alpha value is -0.400. The Balaban J connectivity index is 4.75. The molecule has 0 amide bonds. The van der Waals surface area contributed by atoms with Crippen LogP contribution < -0.4 is 0 Å². The van der Waals surface area contributed by atoms with Crippen LogP contribution in [-0.4, -0.2) is 44.0 Å². The predicted molar refractivity (Wildman–Crippen MR) is 93.9 cm³/mol. The highest BCUT2D eigenvalue weighted by Crippen LogP contribution is 2.48. The largest absolute Gasteiger partial charge is 0.449 e. The normalized spacial score (nSPS) is 15.4. The van der Waals surface area contributed by atoms with E-state index >= 15 is 0 Å². The van der Waals surface area contributed by atoms with Gasteiger partial charge in [0.25, 0.3) is 0 Å². The molecule has 4 heteroatoms. The number of carbonyl (C=O) groups excluding carboxylic acids is 1. The topological polar surface area (TPSA) is 35.5 Å². The molecular weight excluding hydrogens is 283 g/mol. The zero-order chi connectivity index (χ0) is 16.8. The fourth-order valence-electron chi connectivity index (χ4n) is 1.73. The van der Waals surface area contributed by atoms with E-state index in [2.05, 4.69) is 20.4 Å². The van der Waals surface area contributed by atoms with Crippen LogP contribution in [0.2, 0.25) is 0 Å². The van der Waals surface area contributed by atoms with Gasteiger partial charge in [0.05, 0.1) is 25.6 Å². The smallest absolute Gasteiger partial charge is 0.433 e. The van der Waals surface area contributed by atoms with Crippen molar-refractivity contribution in [2.45, 2.75) is 59.2 Å². The van der Waals surface area contributed by atoms with E-state index in [1.165, 1.54) is 0 Å². The molecular formula is C17H34O3P+. The third-order valence-corrected chi connectivity index (χ3v) is 4.39. The van der Waals surface area contributed by atoms with Gasteiger partial charge >= 0.3 is 5.71 Å². The van der Waals surface area contributed by atoms with Crippen LogP contribution in [0.15, 0.2) is 12.2 Å². The molecule has 0 radical (unpaired) electrons. The molecule has 0 aliphatic heterocycles. The van der Waals surface area contributed by atoms with Crippen LogP contribution in [0.1, 0.15) is 47.5 Å². The van der Waals surface area contributed by atoms with E-state index in [4.69, 9.17) is 9.47 Å². The summed E-state index contributed by atoms with van der Waals surface area (Å²) in [5.74, 6) is 0.564. The van der Waals surface area contributed by atoms with Gasteiger partial charge in [0.2, 0.25) is 0 Å². The van der Waals surface area contributed by atoms with E-state index in [0.29, 0.717) is 5.92 Å². The summed E-state index contributed by atoms with van der Waals surface area (Å²) in [6, 6.07) is 0. The van der Waals surface area contributed by atoms with Gasteiger partial charge in [0, 0.05) is 0 Å². The van der Waals surface area contributed by atoms with E-state index in [1.54, 1.807) is 0 Å². The Kier molecular flexibility index (Phi) is 8.13. The van der Waals surface area contributed by atoms with Gasteiger partial charge in [-0.1, -0.05) is 26.8 Å². The molecule has 0 N–H and O–H groups in total. The van der Waals surface area contributed by atoms with E-state index < -0.39 is 7.26 Å². The van der Waals surface area contributed by atoms with Gasteiger partial charge in [-0.25, -0.2) is 4.79 Å². The standard InChI is InChI=1S/C17H34O3P/c1-10-13(2)11-14(3)15(20-17(4,5)6)12-19-16(18)21(7,8)9/h13,15H,3,10-12H2,1-2,4-9H3/q+1. The molecule has 21 heavy (non-hydrogen) atoms. The van der Waals surface area contributed by atoms with Gasteiger partial charge in [-0.2, -0.15) is 0 Å². The van der Waals surface area contributed by atoms with Gasteiger partial charge in [0.15, 0.2) is 0 Å². The second kappa shape index (κ2) is 8.29. The van der Waals surface area contributed by atoms with Crippen LogP contribution in [0.5, 0.6) is 0 Å². The molecule has 0 aliphatic carbocycles. The maximum absolute atomic E-state index is 12.0. The molecule has 0 aliphatic rings. The second-order valence-electron chi connectivity index (χ2n) is 7.68. The number of hydrogen-bond acceptors (Lipinski definition) is 3. The molecule has 0 spiro atoms. The van der Waals surface area contributed by atoms with Crippen LogP contribution >= 0.6 is 7.26 Å². The van der Waals surface area contributed by atoms with E-state index in [-0.39, 0.29) is 24.0 Å². The minimum atomic E-state index is -1.62. The summed E-state index contributed by atoms with van der Waals surface area (Å²) >= 11 is 0. The van der Waals surface area contributed by atoms with Crippen LogP contribution in [-0.2, 0) is 9.47 Å². The fourth-order valence-corrected chi connectivity index (χ4v) is 2.19. The van der Waals surface area contributed by atoms with Gasteiger partial charge in [0.1, 0.15) is 20.0 Å². The van der Waals surface area contributed by atoms with E-state index in [9.17, 15) is 4.79 Å². The highest BCUT2D eigenvalue weighted by Gasteiger charge is 2.33. The SMILES string of the molecule is C=C(CC(C)CC)C(COC(=O)[P+](C)(C)C)OC(C)(C)C. The van der Waals surface area contributed by atoms with E-state index in [0.717, 1.165) is 18.4 Å². The lowest BCUT2D eigenvalue weighted by molar-refractivity contribution is -0.0645. The quantitative estimate of drug-likeness (QED) is 0.455. The zero-order valence-electron chi connectivity index (χ0n) is 15.2. The first-order valence-corrected chi connectivity index (χ1v) is 10.8. The Labute approximate surface area is 131 Å². The zero-order valence-corrected chi connectivity index (χ0v) is 16.0. The van der Waals surface area contributed by atoms with Gasteiger partial charge < -0.3 is 9.47 Å². The summed E-state index contributed by atoms with van der Waals surface area (Å²) in [7, 11) is -1.62. The Morgan fingerprint density at radius 3 is 2.14 bits per heavy atom. The minimum Gasteiger partial charge on any atom is -0.433 e. The predicted octanol–water partition coefficient (Wildman–Crippen LogP) is 5.21. The van der Waals surface area contributed by atoms with Crippen molar-refractivity contribution < 1.29 is 14.3 Å². The van der Waals surface area contributed by atoms with Crippen LogP contribution in [0.3, 0.4) is 0 Å². The molecule has 0 fully saturated rings. The number of carbonyl (C=O) groups is 1. The van der Waals surface area contributed by atoms with Crippen molar-refractivity contribution in [3.8, 4) is 0 Å². The molecule has 0 aromatic heterocycles. The molecule has 0 saturated heterocycles. The van der Waals surface area contributed by atoms with Gasteiger partial charge in [-0.05, 0) is 38.7 Å². The number of rotatable bonds is 8. The monoisotopic (exact) mass is 317 g/mol. The Morgan fingerprint density at radius 1 is 1.24 bits per heavy atom. The average molecular weight is 317 g/mol. The first-order chi connectivity index (χ1) is 9.36. The van der Waals surface area contributed by atoms with Gasteiger partial charge in [-0.3, -0.25) is 0 Å². The summed E-state index contributed by atoms with van der Waals surface area (Å²) in [5.41, 5.74) is 0.632. The van der Waals surface area contributed by atoms with Crippen LogP contribution in [0, 0.1) is 5.92 Å². The molecule has 3 nitrogen and oxygen atoms in total. The maximum Gasteiger partial charge on any atom is 0.449 e. The maximum atomic E-state index is 12.0. The molecule has 0 aromatic carbocycles. The highest BCUT2D eigenvalue weighted by atomic mass is 31.2. The summed E-state index contributed by atoms with van der Waals surface area (Å²) in [6.45, 7) is 20.7. The molecule has 2 unspecified atom stereocenters. The summed E-state index contributed by atoms with van der Waals surface area (Å²) in [4.78, 5) is 12.0. The van der Waals surface area contributed by atoms with Crippen molar-refractivity contribution in [1.29, 1.82) is 0 Å². The van der Waals surface area contributed by atoms with Crippen molar-refractivity contribution in [2.24, 2.45) is 5.92 Å². The molecule has 2 atom stereocenters. The Morgan fingerprint density at radius 2 is 1.76 bits per heavy atom. The molecule has 124 valence electrons. The molecule has 0 saturated carbocycles. The van der Waals surface area contributed by atoms with Crippen molar-refractivity contribution in [3.63, 3.8) is 0 Å². The number of ether oxygens (including phenoxy) is 2. The summed E-state index contributed by atoms with van der Waals surface area (Å²) < 4.78 is 11.5. The summed E-state index contributed by atoms with van der Waals surface area (Å²) in [6.07, 6.45) is 1.78. The first kappa shape index (κ1) is 20.6. The second-order valence-corrected chi connectivity index (χ2v) is 12.1. The van der Waals surface area contributed by atoms with Crippen molar-refractivity contribution in [2.75, 3.05) is 26.6 Å². The van der Waals surface area contributed by atoms with Crippen molar-refractivity contribution in [1.82, 2.24) is 0 Å². The molecule has 0 aromatic rings. The molecule has 0 heterocycles. The third kappa shape index (κ3) is 9.26. The lowest BCUT2D eigenvalue weighted by Crippen LogP contribution is -2.33. The molecule has 0 rings (SSSR count). The first-order valence-electron chi connectivity index (χ1n) is 7.71. The third-order valence-electron chi connectivity index (χ3n) is 3.16. The van der Waals surface area contributed by atoms with Gasteiger partial charge in [-0.15, -0.1) is 0 Å². The van der Waals surface area contributed by atoms with Crippen LogP contribution in [0.4, 0.5) is 4.79 Å². The Bertz CT molecular complexity index is 350. The van der Waals surface area contributed by atoms with E-state index in [1.807, 2.05) is 40.8 Å². The summed E-state index contributed by atoms with van der Waals surface area (Å²) in [5, 5.41) is 0. The van der Waals surface area contributed by atoms with Crippen LogP contribution in [0.25, 0.3) is 0 Å². The van der Waals surface area contributed by atoms with Crippen molar-refractivity contribution >= 4 is 13.0 Å². The highest BCUT2D eigenvalue weighted by molar-refractivity contribution is 7.88. The van der Waals surface area contributed by atoms with Crippen molar-refractivity contribution in [3.05, 3.63) is 12.2 Å². The number of hydrogen-bond donors (Lipinski definition) is 0. The molecule has 0 bridgehead atoms. The minimum absolute atomic E-state index is 0.0960.